The fourth-order valence-corrected chi connectivity index (χ4v) is 4.43. The van der Waals surface area contributed by atoms with Gasteiger partial charge in [-0.15, -0.1) is 11.3 Å². The number of hydrogen-bond acceptors (Lipinski definition) is 5. The van der Waals surface area contributed by atoms with Crippen molar-refractivity contribution in [1.29, 1.82) is 0 Å². The van der Waals surface area contributed by atoms with Crippen molar-refractivity contribution >= 4 is 33.4 Å². The Morgan fingerprint density at radius 3 is 2.81 bits per heavy atom. The Morgan fingerprint density at radius 1 is 1.27 bits per heavy atom. The highest BCUT2D eigenvalue weighted by Gasteiger charge is 2.20. The summed E-state index contributed by atoms with van der Waals surface area (Å²) in [6, 6.07) is 0.0751. The van der Waals surface area contributed by atoms with E-state index in [4.69, 9.17) is 0 Å². The average Bonchev–Trinajstić information content (AvgIpc) is 2.96. The van der Waals surface area contributed by atoms with Crippen LogP contribution in [0.15, 0.2) is 11.1 Å². The van der Waals surface area contributed by atoms with Crippen molar-refractivity contribution in [2.75, 3.05) is 6.54 Å². The molecule has 26 heavy (non-hydrogen) atoms. The molecular formula is C18H24N4O3S. The number of nitrogens with one attached hydrogen (secondary N) is 2. The van der Waals surface area contributed by atoms with Gasteiger partial charge >= 0.3 is 0 Å². The Balaban J connectivity index is 1.65. The van der Waals surface area contributed by atoms with E-state index in [9.17, 15) is 14.4 Å². The summed E-state index contributed by atoms with van der Waals surface area (Å²) in [5.74, 6) is -0.403. The second kappa shape index (κ2) is 7.99. The monoisotopic (exact) mass is 376 g/mol. The smallest absolute Gasteiger partial charge is 0.262 e. The van der Waals surface area contributed by atoms with E-state index in [1.807, 2.05) is 13.8 Å². The molecule has 2 amide bonds. The van der Waals surface area contributed by atoms with Crippen molar-refractivity contribution in [3.8, 4) is 0 Å². The molecule has 2 aromatic rings. The van der Waals surface area contributed by atoms with E-state index in [0.717, 1.165) is 36.1 Å². The molecule has 2 N–H and O–H groups in total. The lowest BCUT2D eigenvalue weighted by Crippen LogP contribution is -2.36. The standard InChI is InChI=1S/C18H24N4O3S/c1-11(2)21-14(23)7-8-19-15(24)9-22-10-20-17-16(18(22)25)12-5-3-4-6-13(12)26-17/h10-11H,3-9H2,1-2H3,(H,19,24)(H,21,23). The first kappa shape index (κ1) is 18.6. The van der Waals surface area contributed by atoms with Crippen LogP contribution in [0.5, 0.6) is 0 Å². The van der Waals surface area contributed by atoms with Crippen molar-refractivity contribution in [2.45, 2.75) is 58.5 Å². The van der Waals surface area contributed by atoms with Crippen molar-refractivity contribution in [3.63, 3.8) is 0 Å². The fraction of sp³-hybridized carbons (Fsp3) is 0.556. The molecule has 1 aliphatic rings. The lowest BCUT2D eigenvalue weighted by molar-refractivity contribution is -0.122. The van der Waals surface area contributed by atoms with Gasteiger partial charge in [0, 0.05) is 23.9 Å². The van der Waals surface area contributed by atoms with Gasteiger partial charge in [0.15, 0.2) is 0 Å². The van der Waals surface area contributed by atoms with E-state index in [0.29, 0.717) is 5.39 Å². The summed E-state index contributed by atoms with van der Waals surface area (Å²) in [4.78, 5) is 42.9. The number of amides is 2. The second-order valence-corrected chi connectivity index (χ2v) is 7.97. The van der Waals surface area contributed by atoms with Gasteiger partial charge in [0.1, 0.15) is 11.4 Å². The predicted octanol–water partition coefficient (Wildman–Crippen LogP) is 1.37. The van der Waals surface area contributed by atoms with Crippen LogP contribution in [-0.4, -0.2) is 34.0 Å². The lowest BCUT2D eigenvalue weighted by atomic mass is 9.97. The number of aryl methyl sites for hydroxylation is 2. The maximum Gasteiger partial charge on any atom is 0.262 e. The van der Waals surface area contributed by atoms with Crippen molar-refractivity contribution in [2.24, 2.45) is 0 Å². The Hall–Kier alpha value is -2.22. The van der Waals surface area contributed by atoms with Gasteiger partial charge in [-0.25, -0.2) is 4.98 Å². The normalized spacial score (nSPS) is 13.7. The van der Waals surface area contributed by atoms with Gasteiger partial charge in [-0.2, -0.15) is 0 Å². The summed E-state index contributed by atoms with van der Waals surface area (Å²) in [7, 11) is 0. The Labute approximate surface area is 155 Å². The Kier molecular flexibility index (Phi) is 5.70. The van der Waals surface area contributed by atoms with Crippen LogP contribution >= 0.6 is 11.3 Å². The van der Waals surface area contributed by atoms with Gasteiger partial charge in [0.25, 0.3) is 5.56 Å². The number of thiophene rings is 1. The molecule has 0 bridgehead atoms. The first-order valence-electron chi connectivity index (χ1n) is 9.01. The molecule has 3 rings (SSSR count). The van der Waals surface area contributed by atoms with E-state index in [1.54, 1.807) is 11.3 Å². The third-order valence-electron chi connectivity index (χ3n) is 4.38. The summed E-state index contributed by atoms with van der Waals surface area (Å²) in [6.07, 6.45) is 5.82. The van der Waals surface area contributed by atoms with Crippen LogP contribution in [0.4, 0.5) is 0 Å². The lowest BCUT2D eigenvalue weighted by Gasteiger charge is -2.11. The largest absolute Gasteiger partial charge is 0.354 e. The molecule has 1 aliphatic carbocycles. The van der Waals surface area contributed by atoms with Gasteiger partial charge in [0.2, 0.25) is 11.8 Å². The molecule has 0 atom stereocenters. The molecule has 0 saturated heterocycles. The van der Waals surface area contributed by atoms with Crippen LogP contribution in [0.25, 0.3) is 10.2 Å². The van der Waals surface area contributed by atoms with E-state index in [-0.39, 0.29) is 42.9 Å². The first-order chi connectivity index (χ1) is 12.5. The van der Waals surface area contributed by atoms with Crippen molar-refractivity contribution in [3.05, 3.63) is 27.1 Å². The number of aromatic nitrogens is 2. The zero-order valence-electron chi connectivity index (χ0n) is 15.1. The molecule has 0 saturated carbocycles. The molecule has 0 radical (unpaired) electrons. The molecule has 2 aromatic heterocycles. The summed E-state index contributed by atoms with van der Waals surface area (Å²) in [5.41, 5.74) is 0.968. The third-order valence-corrected chi connectivity index (χ3v) is 5.58. The number of nitrogens with zero attached hydrogens (tertiary/aromatic N) is 2. The van der Waals surface area contributed by atoms with Crippen LogP contribution in [-0.2, 0) is 29.0 Å². The number of carbonyl (C=O) groups excluding carboxylic acids is 2. The minimum Gasteiger partial charge on any atom is -0.354 e. The maximum absolute atomic E-state index is 12.8. The molecule has 2 heterocycles. The highest BCUT2D eigenvalue weighted by molar-refractivity contribution is 7.18. The number of hydrogen-bond donors (Lipinski definition) is 2. The number of carbonyl (C=O) groups is 2. The van der Waals surface area contributed by atoms with Crippen LogP contribution in [0.1, 0.15) is 43.6 Å². The predicted molar refractivity (Wildman–Crippen MR) is 101 cm³/mol. The Bertz CT molecular complexity index is 884. The van der Waals surface area contributed by atoms with E-state index >= 15 is 0 Å². The van der Waals surface area contributed by atoms with Crippen molar-refractivity contribution < 1.29 is 9.59 Å². The summed E-state index contributed by atoms with van der Waals surface area (Å²) >= 11 is 1.59. The molecule has 0 aliphatic heterocycles. The van der Waals surface area contributed by atoms with Crippen LogP contribution in [0.3, 0.4) is 0 Å². The SMILES string of the molecule is CC(C)NC(=O)CCNC(=O)Cn1cnc2sc3c(c2c1=O)CCCC3. The minimum atomic E-state index is -0.297. The molecule has 0 unspecified atom stereocenters. The van der Waals surface area contributed by atoms with Crippen LogP contribution in [0.2, 0.25) is 0 Å². The number of fused-ring (bicyclic) bond motifs is 3. The zero-order chi connectivity index (χ0) is 18.7. The van der Waals surface area contributed by atoms with Gasteiger partial charge < -0.3 is 10.6 Å². The summed E-state index contributed by atoms with van der Waals surface area (Å²) < 4.78 is 1.35. The first-order valence-corrected chi connectivity index (χ1v) is 9.83. The third kappa shape index (κ3) is 4.12. The zero-order valence-corrected chi connectivity index (χ0v) is 15.9. The summed E-state index contributed by atoms with van der Waals surface area (Å²) in [5, 5.41) is 6.13. The van der Waals surface area contributed by atoms with Crippen LogP contribution in [0, 0.1) is 0 Å². The molecule has 140 valence electrons. The van der Waals surface area contributed by atoms with Gasteiger partial charge in [-0.1, -0.05) is 0 Å². The summed E-state index contributed by atoms with van der Waals surface area (Å²) in [6.45, 7) is 3.93. The molecule has 7 nitrogen and oxygen atoms in total. The Morgan fingerprint density at radius 2 is 2.04 bits per heavy atom. The van der Waals surface area contributed by atoms with E-state index in [2.05, 4.69) is 15.6 Å². The average molecular weight is 376 g/mol. The maximum atomic E-state index is 12.8. The van der Waals surface area contributed by atoms with E-state index in [1.165, 1.54) is 15.8 Å². The fourth-order valence-electron chi connectivity index (χ4n) is 3.21. The second-order valence-electron chi connectivity index (χ2n) is 6.89. The molecule has 0 spiro atoms. The van der Waals surface area contributed by atoms with Gasteiger partial charge in [0.05, 0.1) is 11.7 Å². The highest BCUT2D eigenvalue weighted by Crippen LogP contribution is 2.33. The topological polar surface area (TPSA) is 93.1 Å². The molecule has 0 aromatic carbocycles. The minimum absolute atomic E-state index is 0.0751. The number of rotatable bonds is 6. The van der Waals surface area contributed by atoms with Crippen molar-refractivity contribution in [1.82, 2.24) is 20.2 Å². The van der Waals surface area contributed by atoms with Gasteiger partial charge in [-0.3, -0.25) is 19.0 Å². The highest BCUT2D eigenvalue weighted by atomic mass is 32.1. The molecule has 8 heteroatoms. The molecule has 0 fully saturated rings. The quantitative estimate of drug-likeness (QED) is 0.796. The van der Waals surface area contributed by atoms with Gasteiger partial charge in [-0.05, 0) is 45.1 Å². The molecular weight excluding hydrogens is 352 g/mol. The van der Waals surface area contributed by atoms with Crippen LogP contribution < -0.4 is 16.2 Å². The van der Waals surface area contributed by atoms with E-state index < -0.39 is 0 Å².